The fraction of sp³-hybridized carbons (Fsp3) is 0.429. The molecule has 108 valence electrons. The lowest BCUT2D eigenvalue weighted by Gasteiger charge is -2.06. The molecule has 2 N–H and O–H groups in total. The van der Waals surface area contributed by atoms with Crippen LogP contribution in [0, 0.1) is 17.5 Å². The second-order valence-electron chi connectivity index (χ2n) is 4.80. The van der Waals surface area contributed by atoms with Crippen molar-refractivity contribution in [1.82, 2.24) is 14.9 Å². The number of aromatic amines is 1. The quantitative estimate of drug-likeness (QED) is 0.833. The molecular weight excluding hydrogens is 277 g/mol. The molecule has 0 aliphatic carbocycles. The van der Waals surface area contributed by atoms with E-state index in [1.165, 1.54) is 6.07 Å². The lowest BCUT2D eigenvalue weighted by atomic mass is 10.2. The summed E-state index contributed by atoms with van der Waals surface area (Å²) in [5, 5.41) is 2.83. The van der Waals surface area contributed by atoms with Gasteiger partial charge in [0.2, 0.25) is 5.91 Å². The first-order chi connectivity index (χ1) is 9.52. The highest BCUT2D eigenvalue weighted by atomic mass is 32.1. The molecule has 2 rings (SSSR count). The number of nitrogens with zero attached hydrogens (tertiary/aromatic N) is 1. The number of rotatable bonds is 5. The molecule has 1 amide bonds. The summed E-state index contributed by atoms with van der Waals surface area (Å²) in [4.78, 5) is 14.6. The third-order valence-electron chi connectivity index (χ3n) is 3.19. The molecule has 0 fully saturated rings. The van der Waals surface area contributed by atoms with Crippen LogP contribution in [0.5, 0.6) is 0 Å². The summed E-state index contributed by atoms with van der Waals surface area (Å²) in [6.45, 7) is 4.89. The van der Waals surface area contributed by atoms with E-state index >= 15 is 0 Å². The number of fused-ring (bicyclic) bond motifs is 1. The second kappa shape index (κ2) is 6.17. The minimum absolute atomic E-state index is 0.00179. The Kier molecular flexibility index (Phi) is 4.54. The number of carbonyl (C=O) groups excluding carboxylic acids is 1. The fourth-order valence-electron chi connectivity index (χ4n) is 2.07. The van der Waals surface area contributed by atoms with E-state index in [2.05, 4.69) is 10.3 Å². The van der Waals surface area contributed by atoms with Gasteiger partial charge in [0.05, 0.1) is 11.0 Å². The number of hydrogen-bond acceptors (Lipinski definition) is 2. The van der Waals surface area contributed by atoms with E-state index in [4.69, 9.17) is 12.2 Å². The smallest absolute Gasteiger partial charge is 0.221 e. The molecular formula is C14H18FN3OS. The summed E-state index contributed by atoms with van der Waals surface area (Å²) in [6.07, 6.45) is 1.27. The van der Waals surface area contributed by atoms with Crippen LogP contribution in [0.4, 0.5) is 4.39 Å². The van der Waals surface area contributed by atoms with Crippen LogP contribution < -0.4 is 5.32 Å². The molecule has 1 heterocycles. The molecule has 0 saturated carbocycles. The maximum atomic E-state index is 13.5. The zero-order chi connectivity index (χ0) is 14.7. The standard InChI is InChI=1S/C14H18FN3OS/c1-3-5-16-13(19)4-6-18-12-7-9(2)10(15)8-11(12)17-14(18)20/h7-8H,3-6H2,1-2H3,(H,16,19)(H,17,20). The first-order valence-corrected chi connectivity index (χ1v) is 7.09. The normalized spacial score (nSPS) is 10.9. The Morgan fingerprint density at radius 1 is 1.50 bits per heavy atom. The lowest BCUT2D eigenvalue weighted by molar-refractivity contribution is -0.121. The van der Waals surface area contributed by atoms with Gasteiger partial charge < -0.3 is 14.9 Å². The number of imidazole rings is 1. The maximum Gasteiger partial charge on any atom is 0.221 e. The third kappa shape index (κ3) is 3.07. The van der Waals surface area contributed by atoms with Gasteiger partial charge in [-0.15, -0.1) is 0 Å². The number of benzene rings is 1. The third-order valence-corrected chi connectivity index (χ3v) is 3.51. The molecule has 1 aromatic carbocycles. The molecule has 0 aliphatic heterocycles. The number of amides is 1. The van der Waals surface area contributed by atoms with Crippen molar-refractivity contribution in [1.29, 1.82) is 0 Å². The van der Waals surface area contributed by atoms with Crippen molar-refractivity contribution in [3.8, 4) is 0 Å². The minimum Gasteiger partial charge on any atom is -0.356 e. The molecule has 0 spiro atoms. The van der Waals surface area contributed by atoms with Crippen molar-refractivity contribution >= 4 is 29.2 Å². The van der Waals surface area contributed by atoms with Gasteiger partial charge in [0, 0.05) is 19.5 Å². The van der Waals surface area contributed by atoms with Gasteiger partial charge >= 0.3 is 0 Å². The molecule has 4 nitrogen and oxygen atoms in total. The van der Waals surface area contributed by atoms with Crippen molar-refractivity contribution in [2.75, 3.05) is 6.54 Å². The summed E-state index contributed by atoms with van der Waals surface area (Å²) in [7, 11) is 0. The fourth-order valence-corrected chi connectivity index (χ4v) is 2.37. The SMILES string of the molecule is CCCNC(=O)CCn1c(=S)[nH]c2cc(F)c(C)cc21. The number of carbonyl (C=O) groups is 1. The second-order valence-corrected chi connectivity index (χ2v) is 5.19. The van der Waals surface area contributed by atoms with Gasteiger partial charge in [-0.1, -0.05) is 6.92 Å². The van der Waals surface area contributed by atoms with E-state index in [0.29, 0.717) is 35.4 Å². The summed E-state index contributed by atoms with van der Waals surface area (Å²) < 4.78 is 15.9. The molecule has 0 bridgehead atoms. The van der Waals surface area contributed by atoms with Crippen LogP contribution in [-0.4, -0.2) is 22.0 Å². The van der Waals surface area contributed by atoms with Crippen molar-refractivity contribution in [2.24, 2.45) is 0 Å². The Bertz CT molecular complexity index is 690. The average Bonchev–Trinajstić information content (AvgIpc) is 2.70. The largest absolute Gasteiger partial charge is 0.356 e. The molecule has 20 heavy (non-hydrogen) atoms. The van der Waals surface area contributed by atoms with E-state index in [1.54, 1.807) is 13.0 Å². The van der Waals surface area contributed by atoms with Crippen LogP contribution in [0.15, 0.2) is 12.1 Å². The lowest BCUT2D eigenvalue weighted by Crippen LogP contribution is -2.25. The minimum atomic E-state index is -0.262. The van der Waals surface area contributed by atoms with Gasteiger partial charge in [-0.25, -0.2) is 4.39 Å². The van der Waals surface area contributed by atoms with Gasteiger partial charge in [-0.05, 0) is 43.3 Å². The van der Waals surface area contributed by atoms with Crippen LogP contribution in [0.25, 0.3) is 11.0 Å². The number of nitrogens with one attached hydrogen (secondary N) is 2. The zero-order valence-electron chi connectivity index (χ0n) is 11.6. The van der Waals surface area contributed by atoms with Crippen molar-refractivity contribution in [2.45, 2.75) is 33.2 Å². The molecule has 0 unspecified atom stereocenters. The van der Waals surface area contributed by atoms with Gasteiger partial charge in [0.1, 0.15) is 5.82 Å². The maximum absolute atomic E-state index is 13.5. The first kappa shape index (κ1) is 14.7. The summed E-state index contributed by atoms with van der Waals surface area (Å²) in [5.74, 6) is -0.261. The van der Waals surface area contributed by atoms with Crippen LogP contribution >= 0.6 is 12.2 Å². The number of aryl methyl sites for hydroxylation is 2. The number of halogens is 1. The van der Waals surface area contributed by atoms with Crippen molar-refractivity contribution in [3.63, 3.8) is 0 Å². The van der Waals surface area contributed by atoms with E-state index in [0.717, 1.165) is 11.9 Å². The predicted molar refractivity (Wildman–Crippen MR) is 79.7 cm³/mol. The molecule has 0 atom stereocenters. The predicted octanol–water partition coefficient (Wildman–Crippen LogP) is 3.06. The molecule has 2 aromatic rings. The Morgan fingerprint density at radius 3 is 2.95 bits per heavy atom. The van der Waals surface area contributed by atoms with Gasteiger partial charge in [0.15, 0.2) is 4.77 Å². The Labute approximate surface area is 122 Å². The average molecular weight is 295 g/mol. The summed E-state index contributed by atoms with van der Waals surface area (Å²) >= 11 is 5.23. The molecule has 0 aliphatic rings. The van der Waals surface area contributed by atoms with Crippen LogP contribution in [0.3, 0.4) is 0 Å². The molecule has 0 radical (unpaired) electrons. The van der Waals surface area contributed by atoms with Crippen LogP contribution in [0.1, 0.15) is 25.3 Å². The first-order valence-electron chi connectivity index (χ1n) is 6.68. The van der Waals surface area contributed by atoms with E-state index < -0.39 is 0 Å². The van der Waals surface area contributed by atoms with Crippen LogP contribution in [-0.2, 0) is 11.3 Å². The van der Waals surface area contributed by atoms with E-state index in [1.807, 2.05) is 11.5 Å². The number of hydrogen-bond donors (Lipinski definition) is 2. The zero-order valence-corrected chi connectivity index (χ0v) is 12.4. The summed E-state index contributed by atoms with van der Waals surface area (Å²) in [6, 6.07) is 3.19. The van der Waals surface area contributed by atoms with Gasteiger partial charge in [-0.2, -0.15) is 0 Å². The highest BCUT2D eigenvalue weighted by Crippen LogP contribution is 2.19. The Balaban J connectivity index is 2.22. The topological polar surface area (TPSA) is 49.8 Å². The monoisotopic (exact) mass is 295 g/mol. The van der Waals surface area contributed by atoms with Gasteiger partial charge in [0.25, 0.3) is 0 Å². The van der Waals surface area contributed by atoms with E-state index in [-0.39, 0.29) is 11.7 Å². The highest BCUT2D eigenvalue weighted by Gasteiger charge is 2.09. The molecule has 1 aromatic heterocycles. The van der Waals surface area contributed by atoms with Crippen molar-refractivity contribution < 1.29 is 9.18 Å². The number of H-pyrrole nitrogens is 1. The highest BCUT2D eigenvalue weighted by molar-refractivity contribution is 7.71. The van der Waals surface area contributed by atoms with E-state index in [9.17, 15) is 9.18 Å². The van der Waals surface area contributed by atoms with Gasteiger partial charge in [-0.3, -0.25) is 4.79 Å². The van der Waals surface area contributed by atoms with Crippen LogP contribution in [0.2, 0.25) is 0 Å². The Morgan fingerprint density at radius 2 is 2.25 bits per heavy atom. The number of aromatic nitrogens is 2. The Hall–Kier alpha value is -1.69. The molecule has 0 saturated heterocycles. The molecule has 6 heteroatoms. The summed E-state index contributed by atoms with van der Waals surface area (Å²) in [5.41, 5.74) is 2.06. The van der Waals surface area contributed by atoms with Crippen molar-refractivity contribution in [3.05, 3.63) is 28.3 Å².